The Labute approximate surface area is 338 Å². The van der Waals surface area contributed by atoms with Gasteiger partial charge in [0.1, 0.15) is 24.0 Å². The third kappa shape index (κ3) is 8.01. The van der Waals surface area contributed by atoms with Gasteiger partial charge in [-0.3, -0.25) is 24.0 Å². The summed E-state index contributed by atoms with van der Waals surface area (Å²) in [5, 5.41) is 40.7. The highest BCUT2D eigenvalue weighted by Gasteiger charge is 2.68. The second-order valence-electron chi connectivity index (χ2n) is 16.2. The molecule has 59 heavy (non-hydrogen) atoms. The second-order valence-corrected chi connectivity index (χ2v) is 16.2. The lowest BCUT2D eigenvalue weighted by molar-refractivity contribution is -0.168. The van der Waals surface area contributed by atoms with E-state index in [0.29, 0.717) is 36.2 Å². The van der Waals surface area contributed by atoms with Crippen LogP contribution in [0.5, 0.6) is 0 Å². The molecule has 4 aliphatic carbocycles. The van der Waals surface area contributed by atoms with Crippen molar-refractivity contribution in [3.8, 4) is 0 Å². The zero-order valence-electron chi connectivity index (χ0n) is 32.9. The van der Waals surface area contributed by atoms with Gasteiger partial charge >= 0.3 is 11.9 Å². The number of nitrogen functional groups attached to an aromatic ring is 2. The molecule has 18 heteroatoms. The van der Waals surface area contributed by atoms with Crippen LogP contribution in [0.3, 0.4) is 0 Å². The summed E-state index contributed by atoms with van der Waals surface area (Å²) in [6, 6.07) is 5.16. The number of hydrogen-bond donors (Lipinski definition) is 7. The van der Waals surface area contributed by atoms with E-state index in [1.807, 2.05) is 31.9 Å². The summed E-state index contributed by atoms with van der Waals surface area (Å²) in [7, 11) is 1.82. The minimum absolute atomic E-state index is 0.0138. The van der Waals surface area contributed by atoms with E-state index < -0.39 is 52.7 Å². The molecule has 0 radical (unpaired) electrons. The van der Waals surface area contributed by atoms with Crippen molar-refractivity contribution in [1.29, 1.82) is 0 Å². The molecule has 2 aromatic heterocycles. The van der Waals surface area contributed by atoms with Crippen molar-refractivity contribution in [2.45, 2.75) is 77.0 Å². The molecule has 0 unspecified atom stereocenters. The highest BCUT2D eigenvalue weighted by molar-refractivity contribution is 6.02. The lowest BCUT2D eigenvalue weighted by Crippen LogP contribution is -2.60. The van der Waals surface area contributed by atoms with Crippen molar-refractivity contribution in [2.75, 3.05) is 30.0 Å². The number of carbonyl (C=O) groups excluding carboxylic acids is 4. The number of anilines is 3. The first kappa shape index (κ1) is 42.5. The topological polar surface area (TPSA) is 302 Å². The maximum absolute atomic E-state index is 13.3. The molecule has 312 valence electrons. The van der Waals surface area contributed by atoms with Gasteiger partial charge in [0.05, 0.1) is 18.4 Å². The number of nitrogens with two attached hydrogens (primary N) is 2. The van der Waals surface area contributed by atoms with E-state index in [4.69, 9.17) is 16.6 Å². The summed E-state index contributed by atoms with van der Waals surface area (Å²) in [4.78, 5) is 90.1. The maximum Gasteiger partial charge on any atom is 0.326 e. The van der Waals surface area contributed by atoms with Gasteiger partial charge < -0.3 is 42.1 Å². The molecule has 4 aliphatic rings. The van der Waals surface area contributed by atoms with E-state index in [0.717, 1.165) is 24.1 Å². The number of Topliss-reactive ketones (excluding diaryl/α,β-unsaturated/α-hetero) is 2. The summed E-state index contributed by atoms with van der Waals surface area (Å²) < 4.78 is 0. The average molecular weight is 813 g/mol. The third-order valence-corrected chi connectivity index (χ3v) is 12.7. The highest BCUT2D eigenvalue weighted by atomic mass is 16.4. The van der Waals surface area contributed by atoms with E-state index in [1.54, 1.807) is 30.5 Å². The summed E-state index contributed by atoms with van der Waals surface area (Å²) >= 11 is 0. The fourth-order valence-corrected chi connectivity index (χ4v) is 9.65. The number of aliphatic hydroxyl groups excluding tert-OH is 1. The summed E-state index contributed by atoms with van der Waals surface area (Å²) in [5.41, 5.74) is 11.8. The summed E-state index contributed by atoms with van der Waals surface area (Å²) in [5.74, 6) is -3.50. The van der Waals surface area contributed by atoms with Crippen LogP contribution in [0.4, 0.5) is 17.5 Å². The lowest BCUT2D eigenvalue weighted by atomic mass is 9.46. The predicted molar refractivity (Wildman–Crippen MR) is 212 cm³/mol. The van der Waals surface area contributed by atoms with Gasteiger partial charge in [-0.05, 0) is 80.4 Å². The Morgan fingerprint density at radius 2 is 1.75 bits per heavy atom. The third-order valence-electron chi connectivity index (χ3n) is 12.7. The number of amides is 1. The van der Waals surface area contributed by atoms with Gasteiger partial charge in [0.25, 0.3) is 5.91 Å². The molecular formula is C41H48N8O10. The quantitative estimate of drug-likeness (QED) is 0.146. The van der Waals surface area contributed by atoms with Gasteiger partial charge in [0.15, 0.2) is 28.5 Å². The van der Waals surface area contributed by atoms with Crippen LogP contribution in [0.1, 0.15) is 74.8 Å². The number of rotatable bonds is 11. The smallest absolute Gasteiger partial charge is 0.326 e. The van der Waals surface area contributed by atoms with Crippen LogP contribution in [-0.2, 0) is 30.5 Å². The first-order valence-corrected chi connectivity index (χ1v) is 19.3. The zero-order chi connectivity index (χ0) is 43.0. The van der Waals surface area contributed by atoms with Crippen molar-refractivity contribution in [3.63, 3.8) is 0 Å². The number of carboxylic acid groups (broad SMARTS) is 2. The van der Waals surface area contributed by atoms with Crippen molar-refractivity contribution in [1.82, 2.24) is 25.3 Å². The van der Waals surface area contributed by atoms with Crippen LogP contribution >= 0.6 is 0 Å². The standard InChI is InChI=1S/C21H26O5.C20H22N8O5/c1-19-7-5-13(23)9-12(19)3-4-14-15-6-8-21(26,17(25)11-22)20(15,2)10-16(24)18(14)19;1-28(9-11-8-23-17-15(24-11)16(21)26-20(22)27-17)12-4-2-10(3-5-12)18(31)25-13(19(32)33)6-7-14(29)30/h5,7,9,14-15,18,22,26H,3-4,6,8,10-11H2,1-2H3;2-5,8,13H,6-7,9H2,1H3,(H,25,31)(H,29,30)(H,32,33)(H4,21,22,23,26,27)/t14-,15-,18+,19-,20-,21-;13-/m00/s1. The van der Waals surface area contributed by atoms with Gasteiger partial charge in [0.2, 0.25) is 5.95 Å². The Bertz CT molecular complexity index is 2280. The molecule has 1 amide bonds. The molecule has 0 saturated heterocycles. The highest BCUT2D eigenvalue weighted by Crippen LogP contribution is 2.66. The van der Waals surface area contributed by atoms with Crippen molar-refractivity contribution in [2.24, 2.45) is 28.6 Å². The zero-order valence-corrected chi connectivity index (χ0v) is 32.9. The molecule has 3 saturated carbocycles. The molecule has 1 aromatic carbocycles. The molecule has 7 atom stereocenters. The van der Waals surface area contributed by atoms with Gasteiger partial charge in [-0.1, -0.05) is 25.5 Å². The number of nitrogens with one attached hydrogen (secondary N) is 1. The summed E-state index contributed by atoms with van der Waals surface area (Å²) in [6.07, 6.45) is 8.79. The van der Waals surface area contributed by atoms with E-state index in [1.165, 1.54) is 12.1 Å². The number of fused-ring (bicyclic) bond motifs is 6. The number of aromatic nitrogens is 4. The number of ketones is 3. The monoisotopic (exact) mass is 812 g/mol. The Kier molecular flexibility index (Phi) is 11.7. The number of aliphatic hydroxyl groups is 2. The molecule has 0 spiro atoms. The number of carboxylic acids is 2. The van der Waals surface area contributed by atoms with Gasteiger partial charge in [0, 0.05) is 47.9 Å². The van der Waals surface area contributed by atoms with E-state index in [-0.39, 0.29) is 65.9 Å². The number of hydrogen-bond acceptors (Lipinski definition) is 15. The van der Waals surface area contributed by atoms with Crippen LogP contribution in [0.25, 0.3) is 11.2 Å². The van der Waals surface area contributed by atoms with E-state index >= 15 is 0 Å². The number of aliphatic carboxylic acids is 2. The first-order valence-electron chi connectivity index (χ1n) is 19.3. The fourth-order valence-electron chi connectivity index (χ4n) is 9.65. The van der Waals surface area contributed by atoms with Crippen molar-refractivity contribution in [3.05, 3.63) is 65.5 Å². The normalized spacial score (nSPS) is 27.3. The largest absolute Gasteiger partial charge is 0.481 e. The van der Waals surface area contributed by atoms with Gasteiger partial charge in [-0.25, -0.2) is 14.8 Å². The Hall–Kier alpha value is -6.14. The predicted octanol–water partition coefficient (Wildman–Crippen LogP) is 2.03. The number of nitrogens with zero attached hydrogens (tertiary/aromatic N) is 5. The summed E-state index contributed by atoms with van der Waals surface area (Å²) in [6.45, 7) is 3.56. The minimum Gasteiger partial charge on any atom is -0.481 e. The fraction of sp³-hybridized carbons (Fsp3) is 0.463. The second kappa shape index (κ2) is 16.2. The van der Waals surface area contributed by atoms with Crippen LogP contribution in [-0.4, -0.2) is 101 Å². The van der Waals surface area contributed by atoms with Gasteiger partial charge in [-0.2, -0.15) is 9.97 Å². The molecule has 0 aliphatic heterocycles. The lowest BCUT2D eigenvalue weighted by Gasteiger charge is -2.56. The molecular weight excluding hydrogens is 764 g/mol. The number of carbonyl (C=O) groups is 6. The molecule has 7 rings (SSSR count). The van der Waals surface area contributed by atoms with E-state index in [9.17, 15) is 44.1 Å². The van der Waals surface area contributed by atoms with Crippen molar-refractivity contribution >= 4 is 63.8 Å². The number of allylic oxidation sites excluding steroid dienone is 4. The molecule has 18 nitrogen and oxygen atoms in total. The van der Waals surface area contributed by atoms with Gasteiger partial charge in [-0.15, -0.1) is 0 Å². The number of benzene rings is 1. The van der Waals surface area contributed by atoms with E-state index in [2.05, 4.69) is 25.3 Å². The molecule has 3 aromatic rings. The Morgan fingerprint density at radius 3 is 2.41 bits per heavy atom. The van der Waals surface area contributed by atoms with Crippen LogP contribution in [0.2, 0.25) is 0 Å². The molecule has 2 heterocycles. The van der Waals surface area contributed by atoms with Crippen molar-refractivity contribution < 1.29 is 49.2 Å². The average Bonchev–Trinajstić information content (AvgIpc) is 3.46. The maximum atomic E-state index is 13.3. The Balaban J connectivity index is 0.000000203. The first-order chi connectivity index (χ1) is 27.8. The van der Waals surface area contributed by atoms with Crippen LogP contribution < -0.4 is 21.7 Å². The van der Waals surface area contributed by atoms with Crippen LogP contribution in [0.15, 0.2) is 54.3 Å². The minimum atomic E-state index is -1.62. The molecule has 0 bridgehead atoms. The molecule has 3 fully saturated rings. The Morgan fingerprint density at radius 1 is 1.03 bits per heavy atom. The molecule has 9 N–H and O–H groups in total. The SMILES string of the molecule is CN(Cc1cnc2nc(N)nc(N)c2n1)c1ccc(C(=O)N[C@@H](CCC(=O)O)C(=O)O)cc1.C[C@]12C=CC(=O)C=C1CC[C@@H]1[C@@H]2C(=O)C[C@@]2(C)[C@H]1CC[C@]2(O)C(=O)CO. The van der Waals surface area contributed by atoms with Crippen LogP contribution in [0, 0.1) is 28.6 Å².